The van der Waals surface area contributed by atoms with Crippen molar-refractivity contribution in [1.82, 2.24) is 0 Å². The quantitative estimate of drug-likeness (QED) is 0.691. The minimum absolute atomic E-state index is 0.0346. The number of hydrogen-bond donors (Lipinski definition) is 2. The zero-order chi connectivity index (χ0) is 11.4. The minimum atomic E-state index is -0.784. The summed E-state index contributed by atoms with van der Waals surface area (Å²) in [5, 5.41) is 27.2. The van der Waals surface area contributed by atoms with Gasteiger partial charge in [-0.2, -0.15) is 5.26 Å². The van der Waals surface area contributed by atoms with Crippen molar-refractivity contribution in [3.8, 4) is 11.8 Å². The van der Waals surface area contributed by atoms with Gasteiger partial charge in [-0.05, 0) is 11.6 Å². The number of hydrogen-bond acceptors (Lipinski definition) is 5. The van der Waals surface area contributed by atoms with Gasteiger partial charge in [0.15, 0.2) is 0 Å². The standard InChI is InChI=1S/C10H9NO4/c1-15-10(14)8-7(5-12)3-2-6(4-11)9(8)13/h2-3,12-13H,5H2,1H3. The number of rotatable bonds is 2. The molecule has 0 radical (unpaired) electrons. The van der Waals surface area contributed by atoms with Gasteiger partial charge >= 0.3 is 5.97 Å². The molecular weight excluding hydrogens is 198 g/mol. The number of aliphatic hydroxyl groups is 1. The van der Waals surface area contributed by atoms with Gasteiger partial charge in [0.2, 0.25) is 0 Å². The summed E-state index contributed by atoms with van der Waals surface area (Å²) in [6, 6.07) is 4.45. The van der Waals surface area contributed by atoms with Crippen LogP contribution in [0, 0.1) is 11.3 Å². The zero-order valence-corrected chi connectivity index (χ0v) is 8.02. The molecule has 1 rings (SSSR count). The van der Waals surface area contributed by atoms with Crippen LogP contribution < -0.4 is 0 Å². The lowest BCUT2D eigenvalue weighted by molar-refractivity contribution is 0.0593. The second kappa shape index (κ2) is 4.44. The first-order valence-corrected chi connectivity index (χ1v) is 4.09. The largest absolute Gasteiger partial charge is 0.506 e. The van der Waals surface area contributed by atoms with Crippen LogP contribution in [0.3, 0.4) is 0 Å². The van der Waals surface area contributed by atoms with Crippen LogP contribution in [0.15, 0.2) is 12.1 Å². The van der Waals surface area contributed by atoms with E-state index in [4.69, 9.17) is 10.4 Å². The van der Waals surface area contributed by atoms with Gasteiger partial charge in [-0.25, -0.2) is 4.79 Å². The normalized spacial score (nSPS) is 9.40. The Kier molecular flexibility index (Phi) is 3.26. The molecule has 5 nitrogen and oxygen atoms in total. The highest BCUT2D eigenvalue weighted by Crippen LogP contribution is 2.26. The van der Waals surface area contributed by atoms with Gasteiger partial charge in [-0.15, -0.1) is 0 Å². The number of methoxy groups -OCH3 is 1. The van der Waals surface area contributed by atoms with Gasteiger partial charge < -0.3 is 14.9 Å². The SMILES string of the molecule is COC(=O)c1c(CO)ccc(C#N)c1O. The van der Waals surface area contributed by atoms with E-state index in [1.165, 1.54) is 12.1 Å². The monoisotopic (exact) mass is 207 g/mol. The summed E-state index contributed by atoms with van der Waals surface area (Å²) >= 11 is 0. The third-order valence-corrected chi connectivity index (χ3v) is 1.94. The van der Waals surface area contributed by atoms with E-state index in [0.29, 0.717) is 0 Å². The van der Waals surface area contributed by atoms with Crippen LogP contribution in [0.2, 0.25) is 0 Å². The summed E-state index contributed by atoms with van der Waals surface area (Å²) in [5.74, 6) is -1.25. The van der Waals surface area contributed by atoms with Crippen LogP contribution in [0.1, 0.15) is 21.5 Å². The summed E-state index contributed by atoms with van der Waals surface area (Å²) in [4.78, 5) is 11.3. The van der Waals surface area contributed by atoms with Crippen molar-refractivity contribution in [2.45, 2.75) is 6.61 Å². The number of phenolic OH excluding ortho intramolecular Hbond substituents is 1. The van der Waals surface area contributed by atoms with Crippen LogP contribution in [-0.4, -0.2) is 23.3 Å². The lowest BCUT2D eigenvalue weighted by atomic mass is 10.0. The molecule has 0 atom stereocenters. The van der Waals surface area contributed by atoms with Gasteiger partial charge in [-0.1, -0.05) is 6.07 Å². The molecule has 78 valence electrons. The van der Waals surface area contributed by atoms with Crippen LogP contribution >= 0.6 is 0 Å². The van der Waals surface area contributed by atoms with E-state index in [-0.39, 0.29) is 16.7 Å². The molecule has 0 saturated heterocycles. The van der Waals surface area contributed by atoms with Crippen molar-refractivity contribution in [2.75, 3.05) is 7.11 Å². The number of nitrogens with zero attached hydrogens (tertiary/aromatic N) is 1. The van der Waals surface area contributed by atoms with Crippen molar-refractivity contribution in [1.29, 1.82) is 5.26 Å². The number of phenols is 1. The van der Waals surface area contributed by atoms with Crippen molar-refractivity contribution in [3.63, 3.8) is 0 Å². The van der Waals surface area contributed by atoms with Gasteiger partial charge in [0.25, 0.3) is 0 Å². The Labute approximate surface area is 86.1 Å². The number of benzene rings is 1. The molecule has 0 heterocycles. The van der Waals surface area contributed by atoms with E-state index in [0.717, 1.165) is 7.11 Å². The summed E-state index contributed by atoms with van der Waals surface area (Å²) < 4.78 is 4.44. The Morgan fingerprint density at radius 3 is 2.73 bits per heavy atom. The molecule has 5 heteroatoms. The maximum absolute atomic E-state index is 11.3. The first-order valence-electron chi connectivity index (χ1n) is 4.09. The number of carbonyl (C=O) groups is 1. The predicted octanol–water partition coefficient (Wildman–Crippen LogP) is 0.543. The smallest absolute Gasteiger partial charge is 0.342 e. The van der Waals surface area contributed by atoms with Gasteiger partial charge in [-0.3, -0.25) is 0 Å². The molecule has 0 spiro atoms. The fourth-order valence-electron chi connectivity index (χ4n) is 1.18. The summed E-state index contributed by atoms with van der Waals surface area (Å²) in [6.45, 7) is -0.413. The Bertz CT molecular complexity index is 434. The molecule has 0 unspecified atom stereocenters. The molecule has 0 aliphatic rings. The molecule has 0 saturated carbocycles. The topological polar surface area (TPSA) is 90.5 Å². The van der Waals surface area contributed by atoms with Crippen LogP contribution in [-0.2, 0) is 11.3 Å². The molecule has 0 bridgehead atoms. The van der Waals surface area contributed by atoms with Crippen LogP contribution in [0.5, 0.6) is 5.75 Å². The molecule has 0 fully saturated rings. The van der Waals surface area contributed by atoms with E-state index in [2.05, 4.69) is 4.74 Å². The number of esters is 1. The highest BCUT2D eigenvalue weighted by atomic mass is 16.5. The summed E-state index contributed by atoms with van der Waals surface area (Å²) in [5.41, 5.74) is 0.0185. The van der Waals surface area contributed by atoms with Gasteiger partial charge in [0, 0.05) is 0 Å². The molecule has 0 aliphatic carbocycles. The number of aromatic hydroxyl groups is 1. The molecule has 0 aromatic heterocycles. The molecule has 2 N–H and O–H groups in total. The van der Waals surface area contributed by atoms with Crippen molar-refractivity contribution >= 4 is 5.97 Å². The van der Waals surface area contributed by atoms with Crippen molar-refractivity contribution in [3.05, 3.63) is 28.8 Å². The molecule has 0 aliphatic heterocycles. The Morgan fingerprint density at radius 1 is 1.60 bits per heavy atom. The second-order valence-electron chi connectivity index (χ2n) is 2.76. The maximum Gasteiger partial charge on any atom is 0.342 e. The minimum Gasteiger partial charge on any atom is -0.506 e. The molecule has 1 aromatic carbocycles. The summed E-state index contributed by atoms with van der Waals surface area (Å²) in [7, 11) is 1.15. The molecule has 15 heavy (non-hydrogen) atoms. The zero-order valence-electron chi connectivity index (χ0n) is 8.02. The molecule has 1 aromatic rings. The molecular formula is C10H9NO4. The third-order valence-electron chi connectivity index (χ3n) is 1.94. The summed E-state index contributed by atoms with van der Waals surface area (Å²) in [6.07, 6.45) is 0. The van der Waals surface area contributed by atoms with Crippen molar-refractivity contribution in [2.24, 2.45) is 0 Å². The predicted molar refractivity (Wildman–Crippen MR) is 50.1 cm³/mol. The van der Waals surface area contributed by atoms with E-state index in [9.17, 15) is 9.90 Å². The lowest BCUT2D eigenvalue weighted by Gasteiger charge is -2.08. The van der Waals surface area contributed by atoms with E-state index < -0.39 is 18.3 Å². The fourth-order valence-corrected chi connectivity index (χ4v) is 1.18. The number of aliphatic hydroxyl groups excluding tert-OH is 1. The Morgan fingerprint density at radius 2 is 2.27 bits per heavy atom. The maximum atomic E-state index is 11.3. The Balaban J connectivity index is 3.44. The lowest BCUT2D eigenvalue weighted by Crippen LogP contribution is -2.07. The first-order chi connectivity index (χ1) is 7.15. The van der Waals surface area contributed by atoms with E-state index in [1.807, 2.05) is 0 Å². The van der Waals surface area contributed by atoms with Gasteiger partial charge in [0.05, 0.1) is 19.3 Å². The van der Waals surface area contributed by atoms with Crippen molar-refractivity contribution < 1.29 is 19.7 Å². The fraction of sp³-hybridized carbons (Fsp3) is 0.200. The van der Waals surface area contributed by atoms with Gasteiger partial charge in [0.1, 0.15) is 17.4 Å². The average Bonchev–Trinajstić information content (AvgIpc) is 2.27. The second-order valence-corrected chi connectivity index (χ2v) is 2.76. The highest BCUT2D eigenvalue weighted by molar-refractivity contribution is 5.94. The number of carbonyl (C=O) groups excluding carboxylic acids is 1. The first kappa shape index (κ1) is 11.0. The Hall–Kier alpha value is -2.06. The number of ether oxygens (including phenoxy) is 1. The number of nitriles is 1. The van der Waals surface area contributed by atoms with Crippen LogP contribution in [0.4, 0.5) is 0 Å². The third kappa shape index (κ3) is 1.90. The van der Waals surface area contributed by atoms with Crippen LogP contribution in [0.25, 0.3) is 0 Å². The average molecular weight is 207 g/mol. The van der Waals surface area contributed by atoms with E-state index >= 15 is 0 Å². The highest BCUT2D eigenvalue weighted by Gasteiger charge is 2.19. The molecule has 0 amide bonds. The van der Waals surface area contributed by atoms with E-state index in [1.54, 1.807) is 6.07 Å².